The van der Waals surface area contributed by atoms with E-state index in [4.69, 9.17) is 0 Å². The third-order valence-corrected chi connectivity index (χ3v) is 22.9. The number of benzene rings is 15. The second-order valence-corrected chi connectivity index (χ2v) is 32.2. The third-order valence-electron chi connectivity index (χ3n) is 21.7. The predicted octanol–water partition coefficient (Wildman–Crippen LogP) is 26.0. The number of fused-ring (bicyclic) bond motifs is 9. The van der Waals surface area contributed by atoms with E-state index in [1.54, 1.807) is 0 Å². The molecule has 0 amide bonds. The fraction of sp³-hybridized carbons (Fsp3) is 0.122. The highest BCUT2D eigenvalue weighted by molar-refractivity contribution is 7.26. The molecule has 0 N–H and O–H groups in total. The summed E-state index contributed by atoms with van der Waals surface area (Å²) < 4.78 is 2.60. The van der Waals surface area contributed by atoms with E-state index in [2.05, 4.69) is 388 Å². The highest BCUT2D eigenvalue weighted by atomic mass is 32.1. The number of rotatable bonds is 9. The smallest absolute Gasteiger partial charge is 0.252 e. The van der Waals surface area contributed by atoms with Crippen molar-refractivity contribution >= 4 is 110 Å². The van der Waals surface area contributed by atoms with Gasteiger partial charge in [-0.3, -0.25) is 0 Å². The fourth-order valence-corrected chi connectivity index (χ4v) is 17.8. The van der Waals surface area contributed by atoms with Gasteiger partial charge in [0.2, 0.25) is 0 Å². The molecule has 0 spiro atoms. The van der Waals surface area contributed by atoms with Crippen LogP contribution in [0.4, 0.5) is 34.1 Å². The zero-order valence-corrected chi connectivity index (χ0v) is 60.2. The summed E-state index contributed by atoms with van der Waals surface area (Å²) in [5.74, 6) is 0. The van der Waals surface area contributed by atoms with Crippen LogP contribution in [0.25, 0.3) is 120 Å². The first kappa shape index (κ1) is 62.9. The van der Waals surface area contributed by atoms with Crippen LogP contribution in [0.5, 0.6) is 0 Å². The Hall–Kier alpha value is -11.3. The Morgan fingerprint density at radius 1 is 0.255 bits per heavy atom. The topological polar surface area (TPSA) is 6.48 Å². The molecule has 0 radical (unpaired) electrons. The molecule has 490 valence electrons. The lowest BCUT2D eigenvalue weighted by molar-refractivity contribution is 0.590. The van der Waals surface area contributed by atoms with Gasteiger partial charge in [0.05, 0.1) is 11.4 Å². The van der Waals surface area contributed by atoms with Crippen LogP contribution in [-0.2, 0) is 16.2 Å². The molecule has 15 aromatic carbocycles. The molecule has 0 unspecified atom stereocenters. The molecule has 102 heavy (non-hydrogen) atoms. The van der Waals surface area contributed by atoms with Crippen molar-refractivity contribution in [3.8, 4) is 77.9 Å². The lowest BCUT2D eigenvalue weighted by atomic mass is 9.33. The van der Waals surface area contributed by atoms with Crippen molar-refractivity contribution in [3.05, 3.63) is 332 Å². The molecule has 16 aromatic rings. The number of hydrogen-bond acceptors (Lipinski definition) is 3. The fourth-order valence-electron chi connectivity index (χ4n) is 16.5. The van der Waals surface area contributed by atoms with Crippen molar-refractivity contribution in [2.45, 2.75) is 78.6 Å². The molecule has 0 saturated carbocycles. The molecule has 0 saturated heterocycles. The van der Waals surface area contributed by atoms with E-state index in [9.17, 15) is 0 Å². The molecule has 4 heteroatoms. The van der Waals surface area contributed by atoms with Crippen LogP contribution in [0.2, 0.25) is 0 Å². The SMILES string of the molecule is CC(C)(C)c1cc(-c2ccccc2)c(N2c3ccc(-c4cccc5c4sc4ccccc45)cc3B3c4ccc(-c5c6ccccc6c(-c6ccccc6)c6ccccc56)cc4N(c4c(-c5ccccc5)cc(C(C)(C)C)cc4-c4ccccc4)c4cc(C(C)(C)C)cc2c43)c(-c2ccccc2)c1. The number of anilines is 6. The van der Waals surface area contributed by atoms with Crippen LogP contribution < -0.4 is 26.2 Å². The van der Waals surface area contributed by atoms with Gasteiger partial charge in [-0.15, -0.1) is 11.3 Å². The van der Waals surface area contributed by atoms with Crippen molar-refractivity contribution in [3.63, 3.8) is 0 Å². The van der Waals surface area contributed by atoms with Gasteiger partial charge in [-0.05, 0) is 181 Å². The molecule has 2 nitrogen and oxygen atoms in total. The first-order valence-corrected chi connectivity index (χ1v) is 36.9. The molecule has 3 heterocycles. The molecular weight excluding hydrogens is 1250 g/mol. The molecule has 18 rings (SSSR count). The van der Waals surface area contributed by atoms with E-state index < -0.39 is 0 Å². The van der Waals surface area contributed by atoms with Gasteiger partial charge in [0.1, 0.15) is 0 Å². The highest BCUT2D eigenvalue weighted by Gasteiger charge is 2.47. The second kappa shape index (κ2) is 24.2. The predicted molar refractivity (Wildman–Crippen MR) is 443 cm³/mol. The van der Waals surface area contributed by atoms with Crippen LogP contribution in [-0.4, -0.2) is 6.71 Å². The van der Waals surface area contributed by atoms with Crippen molar-refractivity contribution < 1.29 is 0 Å². The highest BCUT2D eigenvalue weighted by Crippen LogP contribution is 2.56. The van der Waals surface area contributed by atoms with E-state index >= 15 is 0 Å². The van der Waals surface area contributed by atoms with E-state index in [0.29, 0.717) is 0 Å². The minimum Gasteiger partial charge on any atom is -0.310 e. The number of thiophene rings is 1. The van der Waals surface area contributed by atoms with Gasteiger partial charge >= 0.3 is 0 Å². The summed E-state index contributed by atoms with van der Waals surface area (Å²) in [4.78, 5) is 5.48. The van der Waals surface area contributed by atoms with Gasteiger partial charge in [-0.1, -0.05) is 323 Å². The summed E-state index contributed by atoms with van der Waals surface area (Å²) in [7, 11) is 0. The zero-order chi connectivity index (χ0) is 69.3. The van der Waals surface area contributed by atoms with E-state index in [-0.39, 0.29) is 23.0 Å². The van der Waals surface area contributed by atoms with Gasteiger partial charge in [0.25, 0.3) is 6.71 Å². The standard InChI is InChI=1S/C98H79BN2S/c1-96(2,3)69-56-79(62-32-15-10-16-33-62)93(80(57-69)63-34-17-11-18-35-63)100-85-53-51-67(72-47-31-48-78-73-42-29-30-49-89(73)102-95(72)78)54-84(85)99-83-52-50-68(91-76-45-27-25-43-74(76)90(66-40-23-14-24-41-66)75-44-26-28-46-77(75)91)55-86(83)101(88-61-71(98(7,8)9)60-87(100)92(88)99)94-81(64-36-19-12-20-37-64)58-70(97(4,5)6)59-82(94)65-38-21-13-22-39-65/h10-61H,1-9H3. The van der Waals surface area contributed by atoms with Gasteiger partial charge in [0, 0.05) is 65.2 Å². The zero-order valence-electron chi connectivity index (χ0n) is 59.4. The summed E-state index contributed by atoms with van der Waals surface area (Å²) in [5, 5.41) is 7.49. The second-order valence-electron chi connectivity index (χ2n) is 31.1. The summed E-state index contributed by atoms with van der Waals surface area (Å²) in [6.45, 7) is 21.1. The Morgan fingerprint density at radius 2 is 0.627 bits per heavy atom. The summed E-state index contributed by atoms with van der Waals surface area (Å²) in [6.07, 6.45) is 0. The summed E-state index contributed by atoms with van der Waals surface area (Å²) in [6, 6.07) is 120. The molecule has 2 aliphatic heterocycles. The first-order chi connectivity index (χ1) is 49.5. The molecular formula is C98H79BN2S. The van der Waals surface area contributed by atoms with E-state index in [0.717, 1.165) is 39.4 Å². The van der Waals surface area contributed by atoms with Gasteiger partial charge in [-0.25, -0.2) is 0 Å². The number of nitrogens with zero attached hydrogens (tertiary/aromatic N) is 2. The van der Waals surface area contributed by atoms with Crippen molar-refractivity contribution in [2.75, 3.05) is 9.80 Å². The van der Waals surface area contributed by atoms with Gasteiger partial charge < -0.3 is 9.80 Å². The van der Waals surface area contributed by atoms with Crippen LogP contribution in [0.15, 0.2) is 315 Å². The Bertz CT molecular complexity index is 5810. The molecule has 0 fully saturated rings. The number of hydrogen-bond donors (Lipinski definition) is 0. The Balaban J connectivity index is 1.03. The molecule has 0 atom stereocenters. The first-order valence-electron chi connectivity index (χ1n) is 36.1. The van der Waals surface area contributed by atoms with E-state index in [1.165, 1.54) is 147 Å². The Labute approximate surface area is 604 Å². The third kappa shape index (κ3) is 10.4. The van der Waals surface area contributed by atoms with Crippen LogP contribution >= 0.6 is 11.3 Å². The van der Waals surface area contributed by atoms with Gasteiger partial charge in [0.15, 0.2) is 0 Å². The van der Waals surface area contributed by atoms with Crippen molar-refractivity contribution in [1.82, 2.24) is 0 Å². The molecule has 0 aliphatic carbocycles. The Morgan fingerprint density at radius 3 is 1.08 bits per heavy atom. The molecule has 0 bridgehead atoms. The van der Waals surface area contributed by atoms with Crippen molar-refractivity contribution in [1.29, 1.82) is 0 Å². The lowest BCUT2D eigenvalue weighted by Gasteiger charge is -2.47. The monoisotopic (exact) mass is 1330 g/mol. The molecule has 1 aromatic heterocycles. The maximum absolute atomic E-state index is 2.76. The van der Waals surface area contributed by atoms with E-state index in [1.807, 2.05) is 11.3 Å². The summed E-state index contributed by atoms with van der Waals surface area (Å²) in [5.41, 5.74) is 30.5. The average molecular weight is 1330 g/mol. The average Bonchev–Trinajstić information content (AvgIpc) is 0.760. The quantitative estimate of drug-likeness (QED) is 0.105. The van der Waals surface area contributed by atoms with Crippen LogP contribution in [0.3, 0.4) is 0 Å². The Kier molecular flexibility index (Phi) is 14.9. The lowest BCUT2D eigenvalue weighted by Crippen LogP contribution is -2.61. The van der Waals surface area contributed by atoms with Crippen LogP contribution in [0.1, 0.15) is 79.0 Å². The van der Waals surface area contributed by atoms with Gasteiger partial charge in [-0.2, -0.15) is 0 Å². The summed E-state index contributed by atoms with van der Waals surface area (Å²) >= 11 is 1.90. The maximum Gasteiger partial charge on any atom is 0.252 e. The van der Waals surface area contributed by atoms with Crippen molar-refractivity contribution in [2.24, 2.45) is 0 Å². The van der Waals surface area contributed by atoms with Crippen LogP contribution in [0, 0.1) is 0 Å². The molecule has 2 aliphatic rings. The normalized spacial score (nSPS) is 12.9. The minimum absolute atomic E-state index is 0.175. The largest absolute Gasteiger partial charge is 0.310 e. The maximum atomic E-state index is 2.76. The minimum atomic E-state index is -0.312.